The van der Waals surface area contributed by atoms with Gasteiger partial charge in [-0.1, -0.05) is 27.7 Å². The van der Waals surface area contributed by atoms with Gasteiger partial charge in [0, 0.05) is 43.3 Å². The van der Waals surface area contributed by atoms with Gasteiger partial charge in [0.15, 0.2) is 0 Å². The van der Waals surface area contributed by atoms with E-state index in [2.05, 4.69) is 38.7 Å². The van der Waals surface area contributed by atoms with Crippen molar-refractivity contribution in [3.05, 3.63) is 17.6 Å². The van der Waals surface area contributed by atoms with Crippen LogP contribution in [0.1, 0.15) is 70.3 Å². The highest BCUT2D eigenvalue weighted by molar-refractivity contribution is 5.41. The summed E-state index contributed by atoms with van der Waals surface area (Å²) in [5.41, 5.74) is 1.15. The zero-order valence-corrected chi connectivity index (χ0v) is 16.2. The van der Waals surface area contributed by atoms with Crippen LogP contribution >= 0.6 is 0 Å². The fraction of sp³-hybridized carbons (Fsp3) is 0.800. The molecule has 0 spiro atoms. The zero-order chi connectivity index (χ0) is 17.8. The minimum atomic E-state index is 0.354. The molecule has 0 aliphatic carbocycles. The van der Waals surface area contributed by atoms with Gasteiger partial charge in [0.05, 0.1) is 19.3 Å². The Bertz CT molecular complexity index is 522. The van der Waals surface area contributed by atoms with Gasteiger partial charge < -0.3 is 14.4 Å². The maximum Gasteiger partial charge on any atom is 0.133 e. The number of anilines is 1. The summed E-state index contributed by atoms with van der Waals surface area (Å²) in [6, 6.07) is 2.17. The first-order chi connectivity index (χ1) is 12.0. The smallest absolute Gasteiger partial charge is 0.133 e. The van der Waals surface area contributed by atoms with Gasteiger partial charge in [-0.05, 0) is 25.2 Å². The van der Waals surface area contributed by atoms with Gasteiger partial charge in [0.25, 0.3) is 0 Å². The van der Waals surface area contributed by atoms with E-state index in [0.717, 1.165) is 69.5 Å². The third kappa shape index (κ3) is 4.91. The van der Waals surface area contributed by atoms with Gasteiger partial charge in [-0.25, -0.2) is 9.97 Å². The third-order valence-electron chi connectivity index (χ3n) is 5.22. The van der Waals surface area contributed by atoms with Gasteiger partial charge >= 0.3 is 0 Å². The quantitative estimate of drug-likeness (QED) is 0.784. The predicted molar refractivity (Wildman–Crippen MR) is 100 cm³/mol. The Kier molecular flexibility index (Phi) is 6.29. The summed E-state index contributed by atoms with van der Waals surface area (Å²) in [7, 11) is 0. The molecule has 3 heterocycles. The number of rotatable bonds is 6. The third-order valence-corrected chi connectivity index (χ3v) is 5.22. The molecule has 1 aromatic rings. The fourth-order valence-electron chi connectivity index (χ4n) is 3.43. The lowest BCUT2D eigenvalue weighted by Gasteiger charge is -2.33. The van der Waals surface area contributed by atoms with E-state index in [-0.39, 0.29) is 0 Å². The summed E-state index contributed by atoms with van der Waals surface area (Å²) in [6.07, 6.45) is 3.68. The number of hydrogen-bond donors (Lipinski definition) is 0. The number of piperidine rings is 1. The zero-order valence-electron chi connectivity index (χ0n) is 16.2. The van der Waals surface area contributed by atoms with Crippen LogP contribution in [0.25, 0.3) is 0 Å². The molecule has 0 bridgehead atoms. The molecule has 5 nitrogen and oxygen atoms in total. The highest BCUT2D eigenvalue weighted by Gasteiger charge is 2.24. The van der Waals surface area contributed by atoms with Gasteiger partial charge in [0.1, 0.15) is 11.6 Å². The largest absolute Gasteiger partial charge is 0.381 e. The second-order valence-electron chi connectivity index (χ2n) is 8.07. The van der Waals surface area contributed by atoms with Crippen molar-refractivity contribution >= 4 is 5.82 Å². The van der Waals surface area contributed by atoms with Crippen LogP contribution in [0.2, 0.25) is 0 Å². The van der Waals surface area contributed by atoms with Crippen molar-refractivity contribution in [1.29, 1.82) is 0 Å². The monoisotopic (exact) mass is 347 g/mol. The minimum absolute atomic E-state index is 0.354. The van der Waals surface area contributed by atoms with E-state index in [9.17, 15) is 0 Å². The molecular formula is C20H33N3O2. The van der Waals surface area contributed by atoms with Crippen LogP contribution in [-0.2, 0) is 9.47 Å². The van der Waals surface area contributed by atoms with Crippen molar-refractivity contribution in [2.75, 3.05) is 37.8 Å². The maximum absolute atomic E-state index is 6.14. The van der Waals surface area contributed by atoms with Crippen LogP contribution in [0.3, 0.4) is 0 Å². The van der Waals surface area contributed by atoms with Gasteiger partial charge in [-0.2, -0.15) is 0 Å². The number of hydrogen-bond acceptors (Lipinski definition) is 5. The first-order valence-corrected chi connectivity index (χ1v) is 9.86. The Hall–Kier alpha value is -1.20. The lowest BCUT2D eigenvalue weighted by Crippen LogP contribution is -2.38. The molecule has 3 rings (SSSR count). The van der Waals surface area contributed by atoms with Crippen LogP contribution in [0.4, 0.5) is 5.82 Å². The first kappa shape index (κ1) is 18.6. The van der Waals surface area contributed by atoms with E-state index in [4.69, 9.17) is 19.4 Å². The SMILES string of the molecule is CC(C)c1cc(N2CCC(OCC3CCOC3)CC2)nc(C(C)C)n1. The Morgan fingerprint density at radius 1 is 1.12 bits per heavy atom. The van der Waals surface area contributed by atoms with E-state index in [1.165, 1.54) is 0 Å². The van der Waals surface area contributed by atoms with Crippen molar-refractivity contribution in [3.8, 4) is 0 Å². The molecular weight excluding hydrogens is 314 g/mol. The lowest BCUT2D eigenvalue weighted by atomic mass is 10.1. The molecule has 0 amide bonds. The number of aromatic nitrogens is 2. The molecule has 1 aromatic heterocycles. The molecule has 0 aromatic carbocycles. The average Bonchev–Trinajstić information content (AvgIpc) is 3.13. The molecule has 5 heteroatoms. The van der Waals surface area contributed by atoms with Crippen molar-refractivity contribution in [2.24, 2.45) is 5.92 Å². The van der Waals surface area contributed by atoms with Crippen LogP contribution < -0.4 is 4.90 Å². The Morgan fingerprint density at radius 2 is 1.88 bits per heavy atom. The second-order valence-corrected chi connectivity index (χ2v) is 8.07. The van der Waals surface area contributed by atoms with Crippen molar-refractivity contribution < 1.29 is 9.47 Å². The molecule has 0 saturated carbocycles. The van der Waals surface area contributed by atoms with Crippen LogP contribution in [0, 0.1) is 5.92 Å². The van der Waals surface area contributed by atoms with Crippen LogP contribution in [0.5, 0.6) is 0 Å². The summed E-state index contributed by atoms with van der Waals surface area (Å²) in [6.45, 7) is 13.4. The molecule has 2 fully saturated rings. The normalized spacial score (nSPS) is 22.3. The van der Waals surface area contributed by atoms with Gasteiger partial charge in [0.2, 0.25) is 0 Å². The van der Waals surface area contributed by atoms with Gasteiger partial charge in [-0.3, -0.25) is 0 Å². The van der Waals surface area contributed by atoms with E-state index in [0.29, 0.717) is 23.9 Å². The minimum Gasteiger partial charge on any atom is -0.381 e. The summed E-state index contributed by atoms with van der Waals surface area (Å²) in [4.78, 5) is 12.0. The van der Waals surface area contributed by atoms with Crippen LogP contribution in [0.15, 0.2) is 6.07 Å². The van der Waals surface area contributed by atoms with E-state index in [1.807, 2.05) is 0 Å². The van der Waals surface area contributed by atoms with E-state index in [1.54, 1.807) is 0 Å². The molecule has 1 atom stereocenters. The Morgan fingerprint density at radius 3 is 2.48 bits per heavy atom. The topological polar surface area (TPSA) is 47.5 Å². The number of nitrogens with zero attached hydrogens (tertiary/aromatic N) is 3. The Labute approximate surface area is 152 Å². The van der Waals surface area contributed by atoms with E-state index < -0.39 is 0 Å². The molecule has 25 heavy (non-hydrogen) atoms. The molecule has 0 radical (unpaired) electrons. The summed E-state index contributed by atoms with van der Waals surface area (Å²) in [5.74, 6) is 3.42. The molecule has 0 N–H and O–H groups in total. The fourth-order valence-corrected chi connectivity index (χ4v) is 3.43. The van der Waals surface area contributed by atoms with Crippen LogP contribution in [-0.4, -0.2) is 49.0 Å². The average molecular weight is 348 g/mol. The number of ether oxygens (including phenoxy) is 2. The molecule has 2 aliphatic rings. The highest BCUT2D eigenvalue weighted by Crippen LogP contribution is 2.25. The van der Waals surface area contributed by atoms with Crippen molar-refractivity contribution in [1.82, 2.24) is 9.97 Å². The van der Waals surface area contributed by atoms with E-state index >= 15 is 0 Å². The van der Waals surface area contributed by atoms with Crippen molar-refractivity contribution in [2.45, 2.75) is 64.9 Å². The summed E-state index contributed by atoms with van der Waals surface area (Å²) < 4.78 is 11.6. The standard InChI is InChI=1S/C20H33N3O2/c1-14(2)18-11-19(22-20(21-18)15(3)4)23-8-5-17(6-9-23)25-13-16-7-10-24-12-16/h11,14-17H,5-10,12-13H2,1-4H3. The second kappa shape index (κ2) is 8.45. The molecule has 2 saturated heterocycles. The summed E-state index contributed by atoms with van der Waals surface area (Å²) >= 11 is 0. The van der Waals surface area contributed by atoms with Crippen molar-refractivity contribution in [3.63, 3.8) is 0 Å². The Balaban J connectivity index is 1.58. The highest BCUT2D eigenvalue weighted by atomic mass is 16.5. The first-order valence-electron chi connectivity index (χ1n) is 9.86. The van der Waals surface area contributed by atoms with Gasteiger partial charge in [-0.15, -0.1) is 0 Å². The predicted octanol–water partition coefficient (Wildman–Crippen LogP) is 3.75. The summed E-state index contributed by atoms with van der Waals surface area (Å²) in [5, 5.41) is 0. The lowest BCUT2D eigenvalue weighted by molar-refractivity contribution is 0.0131. The maximum atomic E-state index is 6.14. The molecule has 2 aliphatic heterocycles. The molecule has 1 unspecified atom stereocenters. The molecule has 140 valence electrons.